The lowest BCUT2D eigenvalue weighted by Gasteiger charge is -2.33. The van der Waals surface area contributed by atoms with E-state index in [-0.39, 0.29) is 23.6 Å². The summed E-state index contributed by atoms with van der Waals surface area (Å²) in [4.78, 5) is 0.257. The number of hydrogen-bond acceptors (Lipinski definition) is 4. The van der Waals surface area contributed by atoms with Crippen molar-refractivity contribution in [1.82, 2.24) is 4.31 Å². The molecule has 112 valence electrons. The van der Waals surface area contributed by atoms with Gasteiger partial charge in [-0.3, -0.25) is 0 Å². The van der Waals surface area contributed by atoms with Crippen LogP contribution in [0.1, 0.15) is 37.8 Å². The highest BCUT2D eigenvalue weighted by Gasteiger charge is 2.33. The Kier molecular flexibility index (Phi) is 4.80. The van der Waals surface area contributed by atoms with Crippen molar-refractivity contribution in [3.63, 3.8) is 0 Å². The van der Waals surface area contributed by atoms with Crippen molar-refractivity contribution in [1.29, 1.82) is 0 Å². The topological polar surface area (TPSA) is 83.6 Å². The van der Waals surface area contributed by atoms with E-state index in [1.54, 1.807) is 18.2 Å². The molecule has 1 aromatic carbocycles. The fourth-order valence-electron chi connectivity index (χ4n) is 2.57. The number of hydrogen-bond donors (Lipinski definition) is 2. The average Bonchev–Trinajstić information content (AvgIpc) is 2.47. The Labute approximate surface area is 120 Å². The van der Waals surface area contributed by atoms with Crippen LogP contribution in [-0.2, 0) is 10.0 Å². The Morgan fingerprint density at radius 2 is 2.20 bits per heavy atom. The molecule has 0 radical (unpaired) electrons. The molecule has 5 nitrogen and oxygen atoms in total. The molecular weight excluding hydrogens is 276 g/mol. The van der Waals surface area contributed by atoms with Crippen molar-refractivity contribution in [2.24, 2.45) is 5.73 Å². The number of nitrogens with zero attached hydrogens (tertiary/aromatic N) is 1. The van der Waals surface area contributed by atoms with E-state index in [9.17, 15) is 13.5 Å². The molecule has 0 saturated carbocycles. The van der Waals surface area contributed by atoms with E-state index in [2.05, 4.69) is 0 Å². The van der Waals surface area contributed by atoms with Gasteiger partial charge in [0, 0.05) is 18.6 Å². The zero-order chi connectivity index (χ0) is 14.8. The van der Waals surface area contributed by atoms with Crippen molar-refractivity contribution in [2.75, 3.05) is 13.2 Å². The number of benzene rings is 1. The van der Waals surface area contributed by atoms with Gasteiger partial charge in [-0.1, -0.05) is 18.6 Å². The zero-order valence-corrected chi connectivity index (χ0v) is 12.5. The van der Waals surface area contributed by atoms with Crippen LogP contribution < -0.4 is 5.73 Å². The first-order chi connectivity index (χ1) is 9.46. The van der Waals surface area contributed by atoms with E-state index in [1.807, 2.05) is 13.0 Å². The number of aliphatic hydroxyl groups excluding tert-OH is 1. The van der Waals surface area contributed by atoms with E-state index in [0.29, 0.717) is 13.0 Å². The fourth-order valence-corrected chi connectivity index (χ4v) is 4.31. The van der Waals surface area contributed by atoms with Crippen molar-refractivity contribution in [3.8, 4) is 0 Å². The molecule has 2 atom stereocenters. The lowest BCUT2D eigenvalue weighted by Crippen LogP contribution is -2.45. The Bertz CT molecular complexity index is 557. The summed E-state index contributed by atoms with van der Waals surface area (Å²) in [5.74, 6) is 0. The van der Waals surface area contributed by atoms with Crippen molar-refractivity contribution in [2.45, 2.75) is 43.2 Å². The van der Waals surface area contributed by atoms with Crippen molar-refractivity contribution in [3.05, 3.63) is 29.8 Å². The maximum absolute atomic E-state index is 12.7. The summed E-state index contributed by atoms with van der Waals surface area (Å²) in [6.07, 6.45) is 2.50. The van der Waals surface area contributed by atoms with Gasteiger partial charge in [0.1, 0.15) is 0 Å². The SMILES string of the molecule is CC(N)c1cccc(S(=O)(=O)N2CCCCC2CO)c1. The van der Waals surface area contributed by atoms with Gasteiger partial charge in [-0.05, 0) is 37.5 Å². The smallest absolute Gasteiger partial charge is 0.243 e. The minimum Gasteiger partial charge on any atom is -0.395 e. The zero-order valence-electron chi connectivity index (χ0n) is 11.7. The molecule has 2 unspecified atom stereocenters. The van der Waals surface area contributed by atoms with Crippen LogP contribution in [0.3, 0.4) is 0 Å². The molecule has 3 N–H and O–H groups in total. The summed E-state index contributed by atoms with van der Waals surface area (Å²) in [6, 6.07) is 6.23. The van der Waals surface area contributed by atoms with Crippen LogP contribution in [0.5, 0.6) is 0 Å². The first-order valence-electron chi connectivity index (χ1n) is 6.95. The second kappa shape index (κ2) is 6.22. The minimum atomic E-state index is -3.56. The average molecular weight is 298 g/mol. The third-order valence-electron chi connectivity index (χ3n) is 3.77. The van der Waals surface area contributed by atoms with Gasteiger partial charge in [0.2, 0.25) is 10.0 Å². The van der Waals surface area contributed by atoms with E-state index in [4.69, 9.17) is 5.73 Å². The molecular formula is C14H22N2O3S. The van der Waals surface area contributed by atoms with Gasteiger partial charge in [0.05, 0.1) is 11.5 Å². The summed E-state index contributed by atoms with van der Waals surface area (Å²) in [6.45, 7) is 2.16. The third kappa shape index (κ3) is 3.03. The normalized spacial score (nSPS) is 22.6. The molecule has 0 amide bonds. The van der Waals surface area contributed by atoms with Crippen LogP contribution in [0.15, 0.2) is 29.2 Å². The lowest BCUT2D eigenvalue weighted by molar-refractivity contribution is 0.155. The monoisotopic (exact) mass is 298 g/mol. The number of piperidine rings is 1. The van der Waals surface area contributed by atoms with Crippen molar-refractivity contribution < 1.29 is 13.5 Å². The molecule has 20 heavy (non-hydrogen) atoms. The Balaban J connectivity index is 2.36. The van der Waals surface area contributed by atoms with Gasteiger partial charge in [-0.25, -0.2) is 8.42 Å². The summed E-state index contributed by atoms with van der Waals surface area (Å²) in [5, 5.41) is 9.39. The maximum atomic E-state index is 12.7. The Hall–Kier alpha value is -0.950. The molecule has 2 rings (SSSR count). The number of rotatable bonds is 4. The first-order valence-corrected chi connectivity index (χ1v) is 8.39. The van der Waals surface area contributed by atoms with E-state index in [0.717, 1.165) is 18.4 Å². The van der Waals surface area contributed by atoms with E-state index < -0.39 is 10.0 Å². The quantitative estimate of drug-likeness (QED) is 0.876. The molecule has 1 heterocycles. The fraction of sp³-hybridized carbons (Fsp3) is 0.571. The third-order valence-corrected chi connectivity index (χ3v) is 5.72. The summed E-state index contributed by atoms with van der Waals surface area (Å²) < 4.78 is 26.8. The van der Waals surface area contributed by atoms with Crippen molar-refractivity contribution >= 4 is 10.0 Å². The molecule has 1 aromatic rings. The van der Waals surface area contributed by atoms with E-state index >= 15 is 0 Å². The molecule has 0 spiro atoms. The Morgan fingerprint density at radius 3 is 2.85 bits per heavy atom. The maximum Gasteiger partial charge on any atom is 0.243 e. The van der Waals surface area contributed by atoms with Crippen LogP contribution in [0.25, 0.3) is 0 Å². The minimum absolute atomic E-state index is 0.133. The standard InChI is InChI=1S/C14H22N2O3S/c1-11(15)12-5-4-7-14(9-12)20(18,19)16-8-3-2-6-13(16)10-17/h4-5,7,9,11,13,17H,2-3,6,8,10,15H2,1H3. The number of aliphatic hydroxyl groups is 1. The van der Waals surface area contributed by atoms with Gasteiger partial charge >= 0.3 is 0 Å². The predicted molar refractivity (Wildman–Crippen MR) is 77.7 cm³/mol. The summed E-state index contributed by atoms with van der Waals surface area (Å²) in [7, 11) is -3.56. The van der Waals surface area contributed by atoms with Gasteiger partial charge in [0.15, 0.2) is 0 Å². The largest absolute Gasteiger partial charge is 0.395 e. The molecule has 1 aliphatic heterocycles. The first kappa shape index (κ1) is 15.4. The van der Waals surface area contributed by atoms with Gasteiger partial charge in [0.25, 0.3) is 0 Å². The lowest BCUT2D eigenvalue weighted by atomic mass is 10.1. The highest BCUT2D eigenvalue weighted by Crippen LogP contribution is 2.26. The molecule has 0 aromatic heterocycles. The molecule has 6 heteroatoms. The second-order valence-corrected chi connectivity index (χ2v) is 7.20. The van der Waals surface area contributed by atoms with E-state index in [1.165, 1.54) is 4.31 Å². The number of nitrogens with two attached hydrogens (primary N) is 1. The predicted octanol–water partition coefficient (Wildman–Crippen LogP) is 1.24. The van der Waals surface area contributed by atoms with Crippen LogP contribution in [0.4, 0.5) is 0 Å². The van der Waals surface area contributed by atoms with Crippen LogP contribution in [0, 0.1) is 0 Å². The summed E-state index contributed by atoms with van der Waals surface area (Å²) >= 11 is 0. The van der Waals surface area contributed by atoms with Gasteiger partial charge in [-0.15, -0.1) is 0 Å². The Morgan fingerprint density at radius 1 is 1.45 bits per heavy atom. The molecule has 0 aliphatic carbocycles. The molecule has 1 aliphatic rings. The molecule has 1 saturated heterocycles. The van der Waals surface area contributed by atoms with Crippen LogP contribution >= 0.6 is 0 Å². The highest BCUT2D eigenvalue weighted by molar-refractivity contribution is 7.89. The van der Waals surface area contributed by atoms with Gasteiger partial charge in [-0.2, -0.15) is 4.31 Å². The molecule has 0 bridgehead atoms. The van der Waals surface area contributed by atoms with Crippen LogP contribution in [0.2, 0.25) is 0 Å². The second-order valence-electron chi connectivity index (χ2n) is 5.31. The summed E-state index contributed by atoms with van der Waals surface area (Å²) in [5.41, 5.74) is 6.60. The molecule has 1 fully saturated rings. The number of sulfonamides is 1. The van der Waals surface area contributed by atoms with Gasteiger partial charge < -0.3 is 10.8 Å². The highest BCUT2D eigenvalue weighted by atomic mass is 32.2. The van der Waals surface area contributed by atoms with Crippen LogP contribution in [-0.4, -0.2) is 37.0 Å².